The van der Waals surface area contributed by atoms with Crippen LogP contribution in [0.15, 0.2) is 4.52 Å². The van der Waals surface area contributed by atoms with Crippen LogP contribution >= 0.6 is 0 Å². The average Bonchev–Trinajstić information content (AvgIpc) is 3.19. The molecule has 120 valence electrons. The summed E-state index contributed by atoms with van der Waals surface area (Å²) in [4.78, 5) is 0. The SMILES string of the molecule is Cc1noc(C)c1CNS(=O)(=O)N(C)CCCNC1CC1. The van der Waals surface area contributed by atoms with Crippen molar-refractivity contribution in [1.82, 2.24) is 19.5 Å². The third-order valence-corrected chi connectivity index (χ3v) is 5.20. The van der Waals surface area contributed by atoms with Gasteiger partial charge in [0.2, 0.25) is 0 Å². The maximum Gasteiger partial charge on any atom is 0.279 e. The summed E-state index contributed by atoms with van der Waals surface area (Å²) in [5, 5.41) is 7.18. The van der Waals surface area contributed by atoms with Crippen molar-refractivity contribution in [1.29, 1.82) is 0 Å². The lowest BCUT2D eigenvalue weighted by atomic mass is 10.2. The lowest BCUT2D eigenvalue weighted by molar-refractivity contribution is 0.392. The van der Waals surface area contributed by atoms with Gasteiger partial charge in [-0.05, 0) is 39.7 Å². The van der Waals surface area contributed by atoms with Crippen molar-refractivity contribution in [2.75, 3.05) is 20.1 Å². The van der Waals surface area contributed by atoms with Gasteiger partial charge in [0.25, 0.3) is 10.2 Å². The molecule has 0 amide bonds. The first-order valence-corrected chi connectivity index (χ1v) is 8.70. The molecule has 0 aromatic carbocycles. The van der Waals surface area contributed by atoms with Crippen LogP contribution < -0.4 is 10.0 Å². The molecular formula is C13H24N4O3S. The lowest BCUT2D eigenvalue weighted by Gasteiger charge is -2.17. The van der Waals surface area contributed by atoms with Crippen molar-refractivity contribution in [3.63, 3.8) is 0 Å². The molecule has 1 aliphatic rings. The molecule has 0 radical (unpaired) electrons. The van der Waals surface area contributed by atoms with Gasteiger partial charge in [0.15, 0.2) is 0 Å². The Labute approximate surface area is 126 Å². The topological polar surface area (TPSA) is 87.5 Å². The van der Waals surface area contributed by atoms with E-state index >= 15 is 0 Å². The van der Waals surface area contributed by atoms with E-state index in [9.17, 15) is 8.42 Å². The van der Waals surface area contributed by atoms with Gasteiger partial charge >= 0.3 is 0 Å². The van der Waals surface area contributed by atoms with Gasteiger partial charge in [0.1, 0.15) is 5.76 Å². The van der Waals surface area contributed by atoms with E-state index in [0.717, 1.165) is 18.5 Å². The number of nitrogens with zero attached hydrogens (tertiary/aromatic N) is 2. The van der Waals surface area contributed by atoms with Crippen LogP contribution in [-0.2, 0) is 16.8 Å². The molecule has 0 bridgehead atoms. The van der Waals surface area contributed by atoms with Crippen LogP contribution in [0.3, 0.4) is 0 Å². The van der Waals surface area contributed by atoms with Gasteiger partial charge in [0, 0.05) is 31.7 Å². The minimum atomic E-state index is -3.47. The third-order valence-electron chi connectivity index (χ3n) is 3.68. The van der Waals surface area contributed by atoms with Crippen LogP contribution in [0.5, 0.6) is 0 Å². The molecule has 8 heteroatoms. The molecular weight excluding hydrogens is 292 g/mol. The van der Waals surface area contributed by atoms with Crippen molar-refractivity contribution in [3.05, 3.63) is 17.0 Å². The molecule has 1 fully saturated rings. The average molecular weight is 316 g/mol. The maximum absolute atomic E-state index is 12.1. The lowest BCUT2D eigenvalue weighted by Crippen LogP contribution is -2.39. The molecule has 21 heavy (non-hydrogen) atoms. The Morgan fingerprint density at radius 2 is 2.10 bits per heavy atom. The summed E-state index contributed by atoms with van der Waals surface area (Å²) >= 11 is 0. The first-order valence-electron chi connectivity index (χ1n) is 7.26. The minimum absolute atomic E-state index is 0.203. The van der Waals surface area contributed by atoms with Gasteiger partial charge in [-0.25, -0.2) is 0 Å². The number of nitrogens with one attached hydrogen (secondary N) is 2. The Morgan fingerprint density at radius 3 is 2.67 bits per heavy atom. The van der Waals surface area contributed by atoms with Gasteiger partial charge in [-0.3, -0.25) is 0 Å². The molecule has 1 saturated carbocycles. The van der Waals surface area contributed by atoms with Crippen molar-refractivity contribution < 1.29 is 12.9 Å². The Hall–Kier alpha value is -0.960. The molecule has 1 aromatic heterocycles. The van der Waals surface area contributed by atoms with Crippen molar-refractivity contribution >= 4 is 10.2 Å². The Kier molecular flexibility index (Phi) is 5.37. The quantitative estimate of drug-likeness (QED) is 0.655. The van der Waals surface area contributed by atoms with E-state index in [4.69, 9.17) is 4.52 Å². The summed E-state index contributed by atoms with van der Waals surface area (Å²) in [6.07, 6.45) is 3.29. The number of hydrogen-bond acceptors (Lipinski definition) is 5. The fourth-order valence-corrected chi connectivity index (χ4v) is 2.96. The highest BCUT2D eigenvalue weighted by molar-refractivity contribution is 7.87. The third kappa shape index (κ3) is 4.77. The molecule has 1 aliphatic carbocycles. The van der Waals surface area contributed by atoms with E-state index in [1.807, 2.05) is 0 Å². The fourth-order valence-electron chi connectivity index (χ4n) is 2.04. The standard InChI is InChI=1S/C13H24N4O3S/c1-10-13(11(2)20-16-10)9-15-21(18,19)17(3)8-4-7-14-12-5-6-12/h12,14-15H,4-9H2,1-3H3. The molecule has 1 aromatic rings. The predicted octanol–water partition coefficient (Wildman–Crippen LogP) is 0.700. The zero-order valence-corrected chi connectivity index (χ0v) is 13.7. The maximum atomic E-state index is 12.1. The van der Waals surface area contributed by atoms with Crippen molar-refractivity contribution in [2.45, 2.75) is 45.7 Å². The second kappa shape index (κ2) is 6.87. The number of aromatic nitrogens is 1. The van der Waals surface area contributed by atoms with Crippen molar-refractivity contribution in [3.8, 4) is 0 Å². The van der Waals surface area contributed by atoms with Gasteiger partial charge in [-0.15, -0.1) is 0 Å². The van der Waals surface area contributed by atoms with E-state index in [0.29, 0.717) is 24.0 Å². The summed E-state index contributed by atoms with van der Waals surface area (Å²) in [7, 11) is -1.88. The Morgan fingerprint density at radius 1 is 1.38 bits per heavy atom. The van der Waals surface area contributed by atoms with Crippen LogP contribution in [0.2, 0.25) is 0 Å². The first kappa shape index (κ1) is 16.4. The van der Waals surface area contributed by atoms with E-state index in [2.05, 4.69) is 15.2 Å². The Balaban J connectivity index is 1.76. The first-order chi connectivity index (χ1) is 9.90. The summed E-state index contributed by atoms with van der Waals surface area (Å²) in [5.41, 5.74) is 1.51. The number of hydrogen-bond donors (Lipinski definition) is 2. The largest absolute Gasteiger partial charge is 0.361 e. The highest BCUT2D eigenvalue weighted by Gasteiger charge is 2.21. The summed E-state index contributed by atoms with van der Waals surface area (Å²) < 4.78 is 33.2. The second-order valence-electron chi connectivity index (χ2n) is 5.53. The highest BCUT2D eigenvalue weighted by Crippen LogP contribution is 2.18. The monoisotopic (exact) mass is 316 g/mol. The number of rotatable bonds is 9. The van der Waals surface area contributed by atoms with Gasteiger partial charge in [0.05, 0.1) is 5.69 Å². The van der Waals surface area contributed by atoms with E-state index in [1.165, 1.54) is 17.1 Å². The summed E-state index contributed by atoms with van der Waals surface area (Å²) in [5.74, 6) is 0.645. The smallest absolute Gasteiger partial charge is 0.279 e. The molecule has 7 nitrogen and oxygen atoms in total. The molecule has 2 N–H and O–H groups in total. The molecule has 2 rings (SSSR count). The predicted molar refractivity (Wildman–Crippen MR) is 80.0 cm³/mol. The zero-order chi connectivity index (χ0) is 15.5. The second-order valence-corrected chi connectivity index (χ2v) is 7.39. The minimum Gasteiger partial charge on any atom is -0.361 e. The molecule has 0 atom stereocenters. The molecule has 0 unspecified atom stereocenters. The van der Waals surface area contributed by atoms with Gasteiger partial charge < -0.3 is 9.84 Å². The van der Waals surface area contributed by atoms with Crippen molar-refractivity contribution in [2.24, 2.45) is 0 Å². The summed E-state index contributed by atoms with van der Waals surface area (Å²) in [6.45, 7) is 5.13. The Bertz CT molecular complexity index is 546. The fraction of sp³-hybridized carbons (Fsp3) is 0.769. The van der Waals surface area contributed by atoms with Crippen LogP contribution in [-0.4, -0.2) is 44.1 Å². The normalized spacial score (nSPS) is 15.8. The highest BCUT2D eigenvalue weighted by atomic mass is 32.2. The van der Waals surface area contributed by atoms with E-state index in [1.54, 1.807) is 20.9 Å². The number of aryl methyl sites for hydroxylation is 2. The van der Waals surface area contributed by atoms with Crippen LogP contribution in [0.25, 0.3) is 0 Å². The van der Waals surface area contributed by atoms with Crippen LogP contribution in [0, 0.1) is 13.8 Å². The van der Waals surface area contributed by atoms with Crippen LogP contribution in [0.4, 0.5) is 0 Å². The molecule has 1 heterocycles. The van der Waals surface area contributed by atoms with Crippen LogP contribution in [0.1, 0.15) is 36.3 Å². The van der Waals surface area contributed by atoms with Gasteiger partial charge in [-0.2, -0.15) is 17.4 Å². The molecule has 0 saturated heterocycles. The van der Waals surface area contributed by atoms with E-state index < -0.39 is 10.2 Å². The van der Waals surface area contributed by atoms with E-state index in [-0.39, 0.29) is 6.54 Å². The molecule has 0 aliphatic heterocycles. The van der Waals surface area contributed by atoms with Gasteiger partial charge in [-0.1, -0.05) is 5.16 Å². The summed E-state index contributed by atoms with van der Waals surface area (Å²) in [6, 6.07) is 0.657. The zero-order valence-electron chi connectivity index (χ0n) is 12.8. The molecule has 0 spiro atoms.